The maximum Gasteiger partial charge on any atom is 0.161 e. The van der Waals surface area contributed by atoms with Crippen molar-refractivity contribution in [2.24, 2.45) is 17.6 Å². The van der Waals surface area contributed by atoms with Gasteiger partial charge >= 0.3 is 0 Å². The van der Waals surface area contributed by atoms with Gasteiger partial charge in [0.1, 0.15) is 11.4 Å². The van der Waals surface area contributed by atoms with E-state index < -0.39 is 5.60 Å². The number of aryl methyl sites for hydroxylation is 3. The highest BCUT2D eigenvalue weighted by molar-refractivity contribution is 5.93. The number of hydrogen-bond donors (Lipinski definition) is 1. The number of ketones is 1. The van der Waals surface area contributed by atoms with Crippen LogP contribution in [0.3, 0.4) is 0 Å². The van der Waals surface area contributed by atoms with E-state index in [1.807, 2.05) is 6.92 Å². The molecule has 3 nitrogen and oxygen atoms in total. The number of nitrogens with two attached hydrogens (primary N) is 1. The first-order chi connectivity index (χ1) is 24.9. The van der Waals surface area contributed by atoms with Crippen LogP contribution in [0.2, 0.25) is 0 Å². The lowest BCUT2D eigenvalue weighted by molar-refractivity contribution is -0.118. The van der Waals surface area contributed by atoms with Gasteiger partial charge in [-0.25, -0.2) is 0 Å². The maximum atomic E-state index is 13.3. The fourth-order valence-electron chi connectivity index (χ4n) is 9.07. The minimum absolute atomic E-state index is 0.00761. The molecule has 2 unspecified atom stereocenters. The van der Waals surface area contributed by atoms with Gasteiger partial charge in [0.25, 0.3) is 0 Å². The third-order valence-corrected chi connectivity index (χ3v) is 12.5. The first-order valence-corrected chi connectivity index (χ1v) is 19.7. The summed E-state index contributed by atoms with van der Waals surface area (Å²) in [4.78, 5) is 13.3. The van der Waals surface area contributed by atoms with Crippen molar-refractivity contribution in [3.63, 3.8) is 0 Å². The van der Waals surface area contributed by atoms with Gasteiger partial charge in [-0.3, -0.25) is 4.79 Å². The van der Waals surface area contributed by atoms with E-state index in [2.05, 4.69) is 141 Å². The number of allylic oxidation sites excluding steroid dienone is 3. The summed E-state index contributed by atoms with van der Waals surface area (Å²) in [6.45, 7) is 22.0. The minimum atomic E-state index is -0.859. The summed E-state index contributed by atoms with van der Waals surface area (Å²) in [5.41, 5.74) is 22.6. The zero-order chi connectivity index (χ0) is 37.5. The molecule has 2 N–H and O–H groups in total. The molecule has 0 amide bonds. The summed E-state index contributed by atoms with van der Waals surface area (Å²) < 4.78 is 7.11. The average Bonchev–Trinajstić information content (AvgIpc) is 3.65. The molecule has 0 aliphatic heterocycles. The molecule has 0 radical (unpaired) electrons. The number of hydrogen-bond acceptors (Lipinski definition) is 3. The smallest absolute Gasteiger partial charge is 0.161 e. The van der Waals surface area contributed by atoms with Crippen LogP contribution >= 0.6 is 0 Å². The van der Waals surface area contributed by atoms with E-state index >= 15 is 0 Å². The summed E-state index contributed by atoms with van der Waals surface area (Å²) in [5.74, 6) is 0.842. The monoisotopic (exact) mass is 693 g/mol. The highest BCUT2D eigenvalue weighted by Crippen LogP contribution is 2.56. The quantitative estimate of drug-likeness (QED) is 0.112. The van der Waals surface area contributed by atoms with Crippen LogP contribution in [0.25, 0.3) is 16.7 Å². The van der Waals surface area contributed by atoms with Crippen LogP contribution < -0.4 is 5.73 Å². The normalized spacial score (nSPS) is 18.2. The average molecular weight is 694 g/mol. The fourth-order valence-corrected chi connectivity index (χ4v) is 9.07. The molecule has 2 aliphatic rings. The molecule has 3 heteroatoms. The summed E-state index contributed by atoms with van der Waals surface area (Å²) in [6.07, 6.45) is 8.00. The predicted octanol–water partition coefficient (Wildman–Crippen LogP) is 12.0. The van der Waals surface area contributed by atoms with Crippen molar-refractivity contribution >= 4 is 11.4 Å². The molecule has 0 aromatic heterocycles. The van der Waals surface area contributed by atoms with Crippen molar-refractivity contribution in [2.75, 3.05) is 6.54 Å². The fraction of sp³-hybridized carbons (Fsp3) is 0.408. The van der Waals surface area contributed by atoms with Crippen molar-refractivity contribution in [1.29, 1.82) is 0 Å². The molecular formula is C49H59NO2. The Balaban J connectivity index is 1.61. The van der Waals surface area contributed by atoms with E-state index in [1.165, 1.54) is 61.2 Å². The molecule has 4 atom stereocenters. The molecule has 0 saturated carbocycles. The molecular weight excluding hydrogens is 635 g/mol. The molecule has 0 spiro atoms. The highest BCUT2D eigenvalue weighted by atomic mass is 16.5. The number of benzene rings is 4. The van der Waals surface area contributed by atoms with Gasteiger partial charge < -0.3 is 10.5 Å². The molecule has 0 bridgehead atoms. The first kappa shape index (κ1) is 37.5. The molecule has 0 heterocycles. The Bertz CT molecular complexity index is 2060. The van der Waals surface area contributed by atoms with Gasteiger partial charge in [0.15, 0.2) is 5.78 Å². The van der Waals surface area contributed by atoms with Gasteiger partial charge in [-0.15, -0.1) is 0 Å². The molecule has 272 valence electrons. The zero-order valence-corrected chi connectivity index (χ0v) is 33.2. The Hall–Kier alpha value is -4.21. The van der Waals surface area contributed by atoms with Gasteiger partial charge in [0, 0.05) is 41.4 Å². The zero-order valence-electron chi connectivity index (χ0n) is 33.2. The van der Waals surface area contributed by atoms with Crippen LogP contribution in [0.1, 0.15) is 136 Å². The van der Waals surface area contributed by atoms with Gasteiger partial charge in [-0.05, 0) is 115 Å². The van der Waals surface area contributed by atoms with Crippen LogP contribution in [0.15, 0.2) is 90.7 Å². The van der Waals surface area contributed by atoms with Crippen molar-refractivity contribution in [3.05, 3.63) is 146 Å². The van der Waals surface area contributed by atoms with E-state index in [0.29, 0.717) is 0 Å². The van der Waals surface area contributed by atoms with Gasteiger partial charge in [-0.1, -0.05) is 125 Å². The molecule has 0 saturated heterocycles. The third-order valence-electron chi connectivity index (χ3n) is 12.5. The van der Waals surface area contributed by atoms with Crippen LogP contribution in [-0.2, 0) is 20.5 Å². The Morgan fingerprint density at radius 3 is 2.17 bits per heavy atom. The summed E-state index contributed by atoms with van der Waals surface area (Å²) in [6, 6.07) is 27.6. The maximum absolute atomic E-state index is 13.3. The summed E-state index contributed by atoms with van der Waals surface area (Å²) in [7, 11) is 0. The van der Waals surface area contributed by atoms with E-state index in [9.17, 15) is 4.79 Å². The van der Waals surface area contributed by atoms with Gasteiger partial charge in [0.05, 0.1) is 0 Å². The number of rotatable bonds is 13. The predicted molar refractivity (Wildman–Crippen MR) is 219 cm³/mol. The van der Waals surface area contributed by atoms with Crippen molar-refractivity contribution < 1.29 is 9.53 Å². The van der Waals surface area contributed by atoms with E-state index in [1.54, 1.807) is 6.08 Å². The minimum Gasteiger partial charge on any atom is -0.485 e. The molecule has 4 aromatic carbocycles. The van der Waals surface area contributed by atoms with E-state index in [4.69, 9.17) is 10.5 Å². The Kier molecular flexibility index (Phi) is 10.6. The number of carbonyl (C=O) groups excluding carboxylic acids is 1. The standard InChI is InChI=1S/C49H59NO2/c1-11-32(7)45(51)28-46(33(8)12-2)52-48(10,29-50)47-34(9)22-31(6)24-42(47)39-25-37(35-19-17-18-30(5)23-35)38-26-41-36-20-15-16-21-43(36)49(13-3,14-4)44(41)27-40(38)39/h15-28,32-33,39H,11-14,29,50H2,1-10H3/b46-28-/t32?,33?,39-,48-/m1/s1. The lowest BCUT2D eigenvalue weighted by atomic mass is 9.72. The lowest BCUT2D eigenvalue weighted by Gasteiger charge is -2.37. The number of ether oxygens (including phenoxy) is 1. The molecule has 52 heavy (non-hydrogen) atoms. The Morgan fingerprint density at radius 2 is 1.52 bits per heavy atom. The Morgan fingerprint density at radius 1 is 0.808 bits per heavy atom. The second-order valence-corrected chi connectivity index (χ2v) is 15.9. The molecule has 2 aliphatic carbocycles. The van der Waals surface area contributed by atoms with E-state index in [-0.39, 0.29) is 35.5 Å². The van der Waals surface area contributed by atoms with Crippen molar-refractivity contribution in [3.8, 4) is 11.1 Å². The van der Waals surface area contributed by atoms with Crippen molar-refractivity contribution in [1.82, 2.24) is 0 Å². The summed E-state index contributed by atoms with van der Waals surface area (Å²) in [5, 5.41) is 0. The molecule has 0 fully saturated rings. The van der Waals surface area contributed by atoms with Crippen LogP contribution in [0.4, 0.5) is 0 Å². The SMILES string of the molecule is CCC(C)C(=O)/C=C(\O[C@](C)(CN)c1c(C)cc(C)cc1[C@@H]1C=C(c2cccc(C)c2)c2cc3c(cc21)C(CC)(CC)c1ccccc1-3)C(C)CC. The second-order valence-electron chi connectivity index (χ2n) is 15.9. The largest absolute Gasteiger partial charge is 0.485 e. The summed E-state index contributed by atoms with van der Waals surface area (Å²) >= 11 is 0. The van der Waals surface area contributed by atoms with Gasteiger partial charge in [0.2, 0.25) is 0 Å². The molecule has 4 aromatic rings. The third kappa shape index (κ3) is 6.30. The van der Waals surface area contributed by atoms with Crippen molar-refractivity contribution in [2.45, 2.75) is 112 Å². The van der Waals surface area contributed by atoms with Gasteiger partial charge in [-0.2, -0.15) is 0 Å². The van der Waals surface area contributed by atoms with E-state index in [0.717, 1.165) is 42.6 Å². The number of carbonyl (C=O) groups is 1. The highest BCUT2D eigenvalue weighted by Gasteiger charge is 2.43. The van der Waals surface area contributed by atoms with Crippen LogP contribution in [0, 0.1) is 32.6 Å². The number of fused-ring (bicyclic) bond motifs is 4. The van der Waals surface area contributed by atoms with Crippen LogP contribution in [0.5, 0.6) is 0 Å². The van der Waals surface area contributed by atoms with Crippen LogP contribution in [-0.4, -0.2) is 12.3 Å². The Labute approximate surface area is 313 Å². The second kappa shape index (κ2) is 14.7. The first-order valence-electron chi connectivity index (χ1n) is 19.7. The molecule has 6 rings (SSSR count). The lowest BCUT2D eigenvalue weighted by Crippen LogP contribution is -2.38. The topological polar surface area (TPSA) is 52.3 Å².